The maximum absolute atomic E-state index is 13.4. The third-order valence-corrected chi connectivity index (χ3v) is 7.16. The number of ether oxygens (including phenoxy) is 2. The molecule has 0 radical (unpaired) electrons. The number of rotatable bonds is 10. The predicted molar refractivity (Wildman–Crippen MR) is 125 cm³/mol. The summed E-state index contributed by atoms with van der Waals surface area (Å²) in [5, 5.41) is 6.24. The molecule has 0 atom stereocenters. The number of amides is 1. The maximum atomic E-state index is 13.4. The quantitative estimate of drug-likeness (QED) is 0.488. The van der Waals surface area contributed by atoms with Gasteiger partial charge in [-0.3, -0.25) is 14.3 Å². The van der Waals surface area contributed by atoms with Crippen LogP contribution in [0.1, 0.15) is 31.1 Å². The van der Waals surface area contributed by atoms with Gasteiger partial charge in [-0.1, -0.05) is 12.1 Å². The zero-order valence-electron chi connectivity index (χ0n) is 19.7. The van der Waals surface area contributed by atoms with Gasteiger partial charge in [0.2, 0.25) is 5.03 Å². The second-order valence-corrected chi connectivity index (χ2v) is 9.34. The largest absolute Gasteiger partial charge is 0.492 e. The van der Waals surface area contributed by atoms with Gasteiger partial charge in [0.25, 0.3) is 15.9 Å². The molecule has 0 bridgehead atoms. The van der Waals surface area contributed by atoms with Crippen molar-refractivity contribution in [1.82, 2.24) is 19.4 Å². The molecule has 1 N–H and O–H groups in total. The second-order valence-electron chi connectivity index (χ2n) is 7.48. The number of hydrogen-bond acceptors (Lipinski definition) is 8. The number of piperazine rings is 1. The highest BCUT2D eigenvalue weighted by molar-refractivity contribution is 7.89. The number of para-hydroxylation sites is 2. The number of carbonyl (C=O) groups excluding carboxylic acids is 2. The summed E-state index contributed by atoms with van der Waals surface area (Å²) in [6.45, 7) is 7.48. The molecular weight excluding hydrogens is 462 g/mol. The molecule has 1 amide bonds. The van der Waals surface area contributed by atoms with Crippen LogP contribution in [0.4, 0.5) is 5.69 Å². The zero-order valence-corrected chi connectivity index (χ0v) is 20.5. The first-order valence-corrected chi connectivity index (χ1v) is 12.7. The van der Waals surface area contributed by atoms with Gasteiger partial charge in [0, 0.05) is 38.9 Å². The molecule has 0 aliphatic carbocycles. The zero-order chi connectivity index (χ0) is 24.7. The van der Waals surface area contributed by atoms with Crippen LogP contribution >= 0.6 is 0 Å². The standard InChI is InChI=1S/C22H31N5O6S/c1-4-26-16-17(21(29)23-15-20(28)33-6-3)22(24-26)34(30,31)27-13-11-25(12-14-27)18-9-7-8-10-19(18)32-5-2/h7-10,16H,4-6,11-15H2,1-3H3,(H,23,29). The van der Waals surface area contributed by atoms with E-state index in [-0.39, 0.29) is 36.8 Å². The lowest BCUT2D eigenvalue weighted by Gasteiger charge is -2.35. The molecule has 1 aliphatic heterocycles. The number of nitrogens with one attached hydrogen (secondary N) is 1. The van der Waals surface area contributed by atoms with Crippen LogP contribution in [0.15, 0.2) is 35.5 Å². The van der Waals surface area contributed by atoms with E-state index in [2.05, 4.69) is 15.3 Å². The third kappa shape index (κ3) is 5.68. The molecule has 1 aromatic carbocycles. The van der Waals surface area contributed by atoms with Crippen LogP contribution in [0, 0.1) is 0 Å². The molecule has 1 aromatic heterocycles. The summed E-state index contributed by atoms with van der Waals surface area (Å²) < 4.78 is 40.1. The van der Waals surface area contributed by atoms with Crippen LogP contribution in [-0.2, 0) is 26.1 Å². The fraction of sp³-hybridized carbons (Fsp3) is 0.500. The minimum atomic E-state index is -4.04. The molecule has 12 heteroatoms. The number of sulfonamides is 1. The fourth-order valence-electron chi connectivity index (χ4n) is 3.66. The van der Waals surface area contributed by atoms with E-state index in [1.165, 1.54) is 15.2 Å². The summed E-state index contributed by atoms with van der Waals surface area (Å²) in [6.07, 6.45) is 1.38. The Bertz CT molecular complexity index is 1110. The van der Waals surface area contributed by atoms with Crippen molar-refractivity contribution >= 4 is 27.6 Å². The Hall–Kier alpha value is -3.12. The predicted octanol–water partition coefficient (Wildman–Crippen LogP) is 1.11. The van der Waals surface area contributed by atoms with Gasteiger partial charge in [-0.25, -0.2) is 8.42 Å². The number of hydrogen-bond donors (Lipinski definition) is 1. The summed E-state index contributed by atoms with van der Waals surface area (Å²) in [5.74, 6) is -0.550. The fourth-order valence-corrected chi connectivity index (χ4v) is 5.18. The van der Waals surface area contributed by atoms with Crippen molar-refractivity contribution in [1.29, 1.82) is 0 Å². The van der Waals surface area contributed by atoms with Gasteiger partial charge >= 0.3 is 5.97 Å². The van der Waals surface area contributed by atoms with E-state index in [1.54, 1.807) is 13.8 Å². The first kappa shape index (κ1) is 25.5. The van der Waals surface area contributed by atoms with E-state index in [0.29, 0.717) is 26.2 Å². The first-order chi connectivity index (χ1) is 16.3. The SMILES string of the molecule is CCOC(=O)CNC(=O)c1cn(CC)nc1S(=O)(=O)N1CCN(c2ccccc2OCC)CC1. The highest BCUT2D eigenvalue weighted by Crippen LogP contribution is 2.30. The maximum Gasteiger partial charge on any atom is 0.325 e. The van der Waals surface area contributed by atoms with E-state index in [9.17, 15) is 18.0 Å². The van der Waals surface area contributed by atoms with Crippen molar-refractivity contribution in [2.24, 2.45) is 0 Å². The summed E-state index contributed by atoms with van der Waals surface area (Å²) in [7, 11) is -4.04. The molecule has 0 spiro atoms. The molecule has 34 heavy (non-hydrogen) atoms. The van der Waals surface area contributed by atoms with Crippen molar-refractivity contribution in [2.45, 2.75) is 32.3 Å². The van der Waals surface area contributed by atoms with Crippen molar-refractivity contribution in [2.75, 3.05) is 50.8 Å². The highest BCUT2D eigenvalue weighted by Gasteiger charge is 2.35. The van der Waals surface area contributed by atoms with E-state index < -0.39 is 21.9 Å². The van der Waals surface area contributed by atoms with Crippen LogP contribution in [0.5, 0.6) is 5.75 Å². The summed E-state index contributed by atoms with van der Waals surface area (Å²) in [4.78, 5) is 26.4. The lowest BCUT2D eigenvalue weighted by molar-refractivity contribution is -0.141. The van der Waals surface area contributed by atoms with Gasteiger partial charge in [0.15, 0.2) is 0 Å². The summed E-state index contributed by atoms with van der Waals surface area (Å²) in [6, 6.07) is 7.65. The molecular formula is C22H31N5O6S. The normalized spacial score (nSPS) is 14.6. The van der Waals surface area contributed by atoms with Crippen LogP contribution < -0.4 is 15.0 Å². The van der Waals surface area contributed by atoms with Gasteiger partial charge in [-0.05, 0) is 32.9 Å². The number of carbonyl (C=O) groups is 2. The van der Waals surface area contributed by atoms with Crippen LogP contribution in [-0.4, -0.2) is 80.3 Å². The Morgan fingerprint density at radius 2 is 1.76 bits per heavy atom. The van der Waals surface area contributed by atoms with E-state index >= 15 is 0 Å². The second kappa shape index (κ2) is 11.3. The Labute approximate surface area is 199 Å². The number of nitrogens with zero attached hydrogens (tertiary/aromatic N) is 4. The van der Waals surface area contributed by atoms with Gasteiger partial charge in [-0.2, -0.15) is 9.40 Å². The number of anilines is 1. The molecule has 1 fully saturated rings. The Kier molecular flexibility index (Phi) is 8.51. The topological polar surface area (TPSA) is 123 Å². The lowest BCUT2D eigenvalue weighted by atomic mass is 10.2. The smallest absolute Gasteiger partial charge is 0.325 e. The van der Waals surface area contributed by atoms with Gasteiger partial charge in [0.05, 0.1) is 24.5 Å². The first-order valence-electron chi connectivity index (χ1n) is 11.3. The molecule has 0 saturated carbocycles. The van der Waals surface area contributed by atoms with E-state index in [0.717, 1.165) is 11.4 Å². The van der Waals surface area contributed by atoms with Gasteiger partial charge < -0.3 is 19.7 Å². The number of aromatic nitrogens is 2. The van der Waals surface area contributed by atoms with Crippen molar-refractivity contribution in [3.8, 4) is 5.75 Å². The minimum Gasteiger partial charge on any atom is -0.492 e. The molecule has 11 nitrogen and oxygen atoms in total. The molecule has 1 aliphatic rings. The van der Waals surface area contributed by atoms with Gasteiger partial charge in [0.1, 0.15) is 12.3 Å². The number of aryl methyl sites for hydroxylation is 1. The van der Waals surface area contributed by atoms with Crippen LogP contribution in [0.25, 0.3) is 0 Å². The van der Waals surface area contributed by atoms with E-state index in [4.69, 9.17) is 9.47 Å². The molecule has 3 rings (SSSR count). The Morgan fingerprint density at radius 1 is 1.06 bits per heavy atom. The van der Waals surface area contributed by atoms with Crippen LogP contribution in [0.3, 0.4) is 0 Å². The van der Waals surface area contributed by atoms with E-state index in [1.807, 2.05) is 31.2 Å². The molecule has 2 aromatic rings. The lowest BCUT2D eigenvalue weighted by Crippen LogP contribution is -2.49. The highest BCUT2D eigenvalue weighted by atomic mass is 32.2. The summed E-state index contributed by atoms with van der Waals surface area (Å²) >= 11 is 0. The molecule has 186 valence electrons. The van der Waals surface area contributed by atoms with Crippen molar-refractivity contribution < 1.29 is 27.5 Å². The molecule has 0 unspecified atom stereocenters. The Balaban J connectivity index is 1.76. The average molecular weight is 494 g/mol. The number of benzene rings is 1. The van der Waals surface area contributed by atoms with Crippen molar-refractivity contribution in [3.05, 3.63) is 36.0 Å². The third-order valence-electron chi connectivity index (χ3n) is 5.32. The average Bonchev–Trinajstić information content (AvgIpc) is 3.29. The van der Waals surface area contributed by atoms with Crippen LogP contribution in [0.2, 0.25) is 0 Å². The minimum absolute atomic E-state index is 0.102. The summed E-state index contributed by atoms with van der Waals surface area (Å²) in [5.41, 5.74) is 0.811. The molecule has 1 saturated heterocycles. The van der Waals surface area contributed by atoms with Crippen molar-refractivity contribution in [3.63, 3.8) is 0 Å². The monoisotopic (exact) mass is 493 g/mol. The Morgan fingerprint density at radius 3 is 2.41 bits per heavy atom. The number of esters is 1. The molecule has 2 heterocycles. The van der Waals surface area contributed by atoms with Gasteiger partial charge in [-0.15, -0.1) is 0 Å².